The van der Waals surface area contributed by atoms with Crippen molar-refractivity contribution in [1.29, 1.82) is 0 Å². The maximum Gasteiger partial charge on any atom is 0.373 e. The van der Waals surface area contributed by atoms with Crippen LogP contribution in [-0.4, -0.2) is 16.1 Å². The van der Waals surface area contributed by atoms with E-state index in [1.165, 1.54) is 0 Å². The minimum Gasteiger partial charge on any atom is -0.475 e. The fourth-order valence-corrected chi connectivity index (χ4v) is 1.76. The number of aromatic nitrogens is 1. The van der Waals surface area contributed by atoms with E-state index in [9.17, 15) is 4.79 Å². The van der Waals surface area contributed by atoms with Crippen LogP contribution in [-0.2, 0) is 5.41 Å². The van der Waals surface area contributed by atoms with Crippen molar-refractivity contribution in [2.24, 2.45) is 0 Å². The first-order valence-corrected chi connectivity index (χ1v) is 6.01. The quantitative estimate of drug-likeness (QED) is 0.872. The summed E-state index contributed by atoms with van der Waals surface area (Å²) in [5.41, 5.74) is 0.212. The van der Waals surface area contributed by atoms with Gasteiger partial charge < -0.3 is 9.52 Å². The van der Waals surface area contributed by atoms with Gasteiger partial charge in [0.15, 0.2) is 5.89 Å². The second-order valence-corrected chi connectivity index (χ2v) is 5.47. The van der Waals surface area contributed by atoms with Gasteiger partial charge in [-0.15, -0.1) is 0 Å². The molecule has 1 unspecified atom stereocenters. The Kier molecular flexibility index (Phi) is 3.96. The minimum absolute atomic E-state index is 0.0181. The van der Waals surface area contributed by atoms with Crippen LogP contribution in [0.3, 0.4) is 0 Å². The molecule has 0 spiro atoms. The molecule has 4 nitrogen and oxygen atoms in total. The Labute approximate surface area is 102 Å². The molecule has 0 aliphatic carbocycles. The molecule has 0 saturated carbocycles. The molecule has 1 rings (SSSR count). The van der Waals surface area contributed by atoms with Crippen LogP contribution in [0.5, 0.6) is 0 Å². The topological polar surface area (TPSA) is 63.3 Å². The number of carboxylic acids is 1. The predicted molar refractivity (Wildman–Crippen MR) is 65.5 cm³/mol. The van der Waals surface area contributed by atoms with E-state index in [4.69, 9.17) is 9.52 Å². The van der Waals surface area contributed by atoms with Crippen molar-refractivity contribution in [2.45, 2.75) is 58.8 Å². The Morgan fingerprint density at radius 2 is 2.06 bits per heavy atom. The SMILES string of the molecule is CCCC(C)c1nc(C(C)(C)C)c(C(=O)O)o1. The van der Waals surface area contributed by atoms with Gasteiger partial charge in [-0.25, -0.2) is 9.78 Å². The number of rotatable bonds is 4. The molecule has 0 aliphatic heterocycles. The van der Waals surface area contributed by atoms with Gasteiger partial charge in [0, 0.05) is 11.3 Å². The average molecular weight is 239 g/mol. The zero-order valence-corrected chi connectivity index (χ0v) is 11.2. The van der Waals surface area contributed by atoms with E-state index in [2.05, 4.69) is 11.9 Å². The van der Waals surface area contributed by atoms with E-state index in [-0.39, 0.29) is 17.1 Å². The van der Waals surface area contributed by atoms with Gasteiger partial charge in [-0.3, -0.25) is 0 Å². The Hall–Kier alpha value is -1.32. The van der Waals surface area contributed by atoms with Crippen LogP contribution in [0, 0.1) is 0 Å². The fraction of sp³-hybridized carbons (Fsp3) is 0.692. The molecule has 0 fully saturated rings. The highest BCUT2D eigenvalue weighted by atomic mass is 16.4. The minimum atomic E-state index is -1.04. The van der Waals surface area contributed by atoms with Crippen molar-refractivity contribution >= 4 is 5.97 Å². The van der Waals surface area contributed by atoms with E-state index in [1.54, 1.807) is 0 Å². The van der Waals surface area contributed by atoms with Crippen LogP contribution >= 0.6 is 0 Å². The standard InChI is InChI=1S/C13H21NO3/c1-6-7-8(2)11-14-10(13(3,4)5)9(17-11)12(15)16/h8H,6-7H2,1-5H3,(H,15,16). The van der Waals surface area contributed by atoms with Gasteiger partial charge >= 0.3 is 5.97 Å². The molecule has 1 aromatic heterocycles. The first kappa shape index (κ1) is 13.7. The third kappa shape index (κ3) is 3.08. The van der Waals surface area contributed by atoms with Gasteiger partial charge in [-0.2, -0.15) is 0 Å². The van der Waals surface area contributed by atoms with Crippen molar-refractivity contribution in [2.75, 3.05) is 0 Å². The summed E-state index contributed by atoms with van der Waals surface area (Å²) in [6.45, 7) is 9.90. The first-order chi connectivity index (χ1) is 7.77. The number of carbonyl (C=O) groups is 1. The smallest absolute Gasteiger partial charge is 0.373 e. The van der Waals surface area contributed by atoms with E-state index >= 15 is 0 Å². The molecule has 96 valence electrons. The summed E-state index contributed by atoms with van der Waals surface area (Å²) in [6, 6.07) is 0. The third-order valence-electron chi connectivity index (χ3n) is 2.69. The van der Waals surface area contributed by atoms with E-state index < -0.39 is 5.97 Å². The zero-order chi connectivity index (χ0) is 13.2. The fourth-order valence-electron chi connectivity index (χ4n) is 1.76. The van der Waals surface area contributed by atoms with E-state index in [1.807, 2.05) is 27.7 Å². The molecule has 1 aromatic rings. The number of oxazole rings is 1. The lowest BCUT2D eigenvalue weighted by Gasteiger charge is -2.14. The summed E-state index contributed by atoms with van der Waals surface area (Å²) >= 11 is 0. The molecule has 17 heavy (non-hydrogen) atoms. The molecule has 0 radical (unpaired) electrons. The zero-order valence-electron chi connectivity index (χ0n) is 11.2. The molecule has 4 heteroatoms. The summed E-state index contributed by atoms with van der Waals surface area (Å²) < 4.78 is 5.41. The number of nitrogens with zero attached hydrogens (tertiary/aromatic N) is 1. The predicted octanol–water partition coefficient (Wildman–Crippen LogP) is 3.57. The van der Waals surface area contributed by atoms with Gasteiger partial charge in [0.2, 0.25) is 5.76 Å². The lowest BCUT2D eigenvalue weighted by molar-refractivity contribution is 0.0656. The molecule has 0 saturated heterocycles. The largest absolute Gasteiger partial charge is 0.475 e. The van der Waals surface area contributed by atoms with Crippen LogP contribution in [0.2, 0.25) is 0 Å². The normalized spacial score (nSPS) is 13.7. The Balaban J connectivity index is 3.17. The van der Waals surface area contributed by atoms with Crippen LogP contribution in [0.4, 0.5) is 0 Å². The summed E-state index contributed by atoms with van der Waals surface area (Å²) in [6.07, 6.45) is 1.97. The maximum absolute atomic E-state index is 11.1. The number of hydrogen-bond donors (Lipinski definition) is 1. The Bertz CT molecular complexity index is 401. The van der Waals surface area contributed by atoms with Gasteiger partial charge in [-0.05, 0) is 6.42 Å². The van der Waals surface area contributed by atoms with Crippen LogP contribution in [0.15, 0.2) is 4.42 Å². The number of aromatic carboxylic acids is 1. The second-order valence-electron chi connectivity index (χ2n) is 5.47. The summed E-state index contributed by atoms with van der Waals surface area (Å²) in [4.78, 5) is 15.5. The van der Waals surface area contributed by atoms with Crippen molar-refractivity contribution < 1.29 is 14.3 Å². The average Bonchev–Trinajstić information content (AvgIpc) is 2.61. The Morgan fingerprint density at radius 3 is 2.41 bits per heavy atom. The van der Waals surface area contributed by atoms with Gasteiger partial charge in [0.25, 0.3) is 0 Å². The molecule has 1 N–H and O–H groups in total. The number of hydrogen-bond acceptors (Lipinski definition) is 3. The molecule has 1 atom stereocenters. The molecule has 0 aromatic carbocycles. The van der Waals surface area contributed by atoms with Crippen molar-refractivity contribution in [3.05, 3.63) is 17.3 Å². The second kappa shape index (κ2) is 4.90. The lowest BCUT2D eigenvalue weighted by Crippen LogP contribution is -2.16. The molecule has 0 bridgehead atoms. The highest BCUT2D eigenvalue weighted by Crippen LogP contribution is 2.29. The van der Waals surface area contributed by atoms with Gasteiger partial charge in [-0.1, -0.05) is 41.0 Å². The van der Waals surface area contributed by atoms with E-state index in [0.29, 0.717) is 11.6 Å². The van der Waals surface area contributed by atoms with Crippen molar-refractivity contribution in [1.82, 2.24) is 4.98 Å². The number of carboxylic acid groups (broad SMARTS) is 1. The summed E-state index contributed by atoms with van der Waals surface area (Å²) in [5.74, 6) is -0.365. The summed E-state index contributed by atoms with van der Waals surface area (Å²) in [5, 5.41) is 9.12. The molecular formula is C13H21NO3. The highest BCUT2D eigenvalue weighted by Gasteiger charge is 2.29. The van der Waals surface area contributed by atoms with Crippen molar-refractivity contribution in [3.63, 3.8) is 0 Å². The maximum atomic E-state index is 11.1. The summed E-state index contributed by atoms with van der Waals surface area (Å²) in [7, 11) is 0. The molecule has 0 amide bonds. The van der Waals surface area contributed by atoms with E-state index in [0.717, 1.165) is 12.8 Å². The van der Waals surface area contributed by atoms with Crippen LogP contribution in [0.25, 0.3) is 0 Å². The lowest BCUT2D eigenvalue weighted by atomic mass is 9.91. The third-order valence-corrected chi connectivity index (χ3v) is 2.69. The van der Waals surface area contributed by atoms with Gasteiger partial charge in [0.05, 0.1) is 5.69 Å². The molecular weight excluding hydrogens is 218 g/mol. The highest BCUT2D eigenvalue weighted by molar-refractivity contribution is 5.86. The van der Waals surface area contributed by atoms with Crippen LogP contribution < -0.4 is 0 Å². The first-order valence-electron chi connectivity index (χ1n) is 6.01. The molecule has 0 aliphatic rings. The van der Waals surface area contributed by atoms with Crippen LogP contribution in [0.1, 0.15) is 75.5 Å². The van der Waals surface area contributed by atoms with Crippen molar-refractivity contribution in [3.8, 4) is 0 Å². The monoisotopic (exact) mass is 239 g/mol. The molecule has 1 heterocycles. The Morgan fingerprint density at radius 1 is 1.47 bits per heavy atom. The van der Waals surface area contributed by atoms with Gasteiger partial charge in [0.1, 0.15) is 0 Å².